The average molecular weight is 416 g/mol. The summed E-state index contributed by atoms with van der Waals surface area (Å²) >= 11 is 0. The van der Waals surface area contributed by atoms with Gasteiger partial charge in [0.1, 0.15) is 0 Å². The normalized spacial score (nSPS) is 11.6. The molecule has 3 aromatic carbocycles. The molecular weight excluding hydrogens is 396 g/mol. The minimum absolute atomic E-state index is 0.0329. The number of hydrogen-bond acceptors (Lipinski definition) is 5. The van der Waals surface area contributed by atoms with Crippen molar-refractivity contribution < 1.29 is 14.5 Å². The molecule has 0 saturated carbocycles. The van der Waals surface area contributed by atoms with Crippen LogP contribution in [0.25, 0.3) is 0 Å². The molecule has 0 aliphatic rings. The van der Waals surface area contributed by atoms with E-state index in [1.165, 1.54) is 24.4 Å². The molecule has 8 heteroatoms. The van der Waals surface area contributed by atoms with Gasteiger partial charge < -0.3 is 5.32 Å². The molecule has 2 amide bonds. The zero-order valence-corrected chi connectivity index (χ0v) is 16.5. The van der Waals surface area contributed by atoms with Gasteiger partial charge in [0.2, 0.25) is 5.91 Å². The maximum absolute atomic E-state index is 12.6. The van der Waals surface area contributed by atoms with Crippen LogP contribution in [0.5, 0.6) is 0 Å². The monoisotopic (exact) mass is 416 g/mol. The molecule has 156 valence electrons. The summed E-state index contributed by atoms with van der Waals surface area (Å²) in [7, 11) is 0. The summed E-state index contributed by atoms with van der Waals surface area (Å²) in [5.41, 5.74) is 4.09. The van der Waals surface area contributed by atoms with Gasteiger partial charge in [0, 0.05) is 23.3 Å². The van der Waals surface area contributed by atoms with Crippen LogP contribution in [0, 0.1) is 10.1 Å². The van der Waals surface area contributed by atoms with Crippen LogP contribution in [0.1, 0.15) is 33.9 Å². The second kappa shape index (κ2) is 10.4. The number of carbonyl (C=O) groups is 2. The van der Waals surface area contributed by atoms with Gasteiger partial charge in [0.15, 0.2) is 0 Å². The minimum atomic E-state index is -0.554. The molecule has 0 radical (unpaired) electrons. The lowest BCUT2D eigenvalue weighted by Gasteiger charge is -2.18. The van der Waals surface area contributed by atoms with Crippen LogP contribution in [0.4, 0.5) is 5.69 Å². The Hall–Kier alpha value is -4.33. The number of nitrogens with one attached hydrogen (secondary N) is 2. The molecule has 3 aromatic rings. The highest BCUT2D eigenvalue weighted by Crippen LogP contribution is 2.17. The van der Waals surface area contributed by atoms with Gasteiger partial charge in [-0.05, 0) is 17.7 Å². The van der Waals surface area contributed by atoms with Gasteiger partial charge in [-0.1, -0.05) is 60.7 Å². The molecule has 0 heterocycles. The number of nitrogens with zero attached hydrogens (tertiary/aromatic N) is 2. The Kier molecular flexibility index (Phi) is 7.21. The van der Waals surface area contributed by atoms with Gasteiger partial charge in [-0.3, -0.25) is 19.7 Å². The van der Waals surface area contributed by atoms with Crippen LogP contribution in [0.2, 0.25) is 0 Å². The number of non-ortho nitro benzene ring substituents is 1. The molecule has 31 heavy (non-hydrogen) atoms. The Balaban J connectivity index is 1.66. The molecule has 0 aliphatic heterocycles. The van der Waals surface area contributed by atoms with E-state index in [-0.39, 0.29) is 18.0 Å². The van der Waals surface area contributed by atoms with Crippen molar-refractivity contribution in [3.63, 3.8) is 0 Å². The van der Waals surface area contributed by atoms with Gasteiger partial charge in [-0.15, -0.1) is 0 Å². The maximum Gasteiger partial charge on any atom is 0.270 e. The fourth-order valence-corrected chi connectivity index (χ4v) is 2.90. The van der Waals surface area contributed by atoms with Crippen molar-refractivity contribution in [2.75, 3.05) is 0 Å². The van der Waals surface area contributed by atoms with Crippen molar-refractivity contribution >= 4 is 23.7 Å². The zero-order chi connectivity index (χ0) is 22.1. The van der Waals surface area contributed by atoms with Crippen LogP contribution in [-0.4, -0.2) is 23.0 Å². The van der Waals surface area contributed by atoms with E-state index in [1.807, 2.05) is 36.4 Å². The second-order valence-corrected chi connectivity index (χ2v) is 6.65. The Bertz CT molecular complexity index is 1090. The number of carbonyl (C=O) groups excluding carboxylic acids is 2. The van der Waals surface area contributed by atoms with Gasteiger partial charge in [0.25, 0.3) is 11.6 Å². The summed E-state index contributed by atoms with van der Waals surface area (Å²) < 4.78 is 0. The minimum Gasteiger partial charge on any atom is -0.345 e. The topological polar surface area (TPSA) is 114 Å². The van der Waals surface area contributed by atoms with Crippen molar-refractivity contribution in [1.29, 1.82) is 0 Å². The van der Waals surface area contributed by atoms with E-state index >= 15 is 0 Å². The predicted molar refractivity (Wildman–Crippen MR) is 117 cm³/mol. The van der Waals surface area contributed by atoms with Crippen molar-refractivity contribution in [2.24, 2.45) is 5.10 Å². The van der Waals surface area contributed by atoms with Gasteiger partial charge in [0.05, 0.1) is 23.6 Å². The first-order valence-electron chi connectivity index (χ1n) is 9.50. The number of amides is 2. The molecule has 1 atom stereocenters. The quantitative estimate of drug-likeness (QED) is 0.332. The summed E-state index contributed by atoms with van der Waals surface area (Å²) in [6, 6.07) is 23.2. The molecule has 0 aromatic heterocycles. The Labute approximate surface area is 178 Å². The SMILES string of the molecule is O=C(C[C@@H](NC(=O)c1ccccc1)c1ccccc1)N/N=C\c1cccc([N+](=O)[O-])c1. The lowest BCUT2D eigenvalue weighted by Crippen LogP contribution is -2.32. The van der Waals surface area contributed by atoms with Crippen LogP contribution >= 0.6 is 0 Å². The highest BCUT2D eigenvalue weighted by atomic mass is 16.6. The molecule has 0 unspecified atom stereocenters. The molecule has 3 rings (SSSR count). The Morgan fingerprint density at radius 2 is 1.65 bits per heavy atom. The Morgan fingerprint density at radius 1 is 0.968 bits per heavy atom. The molecule has 0 saturated heterocycles. The molecule has 0 fully saturated rings. The average Bonchev–Trinajstić information content (AvgIpc) is 2.80. The predicted octanol–water partition coefficient (Wildman–Crippen LogP) is 3.61. The van der Waals surface area contributed by atoms with Gasteiger partial charge in [-0.25, -0.2) is 5.43 Å². The number of hydrogen-bond donors (Lipinski definition) is 2. The smallest absolute Gasteiger partial charge is 0.270 e. The molecule has 2 N–H and O–H groups in total. The van der Waals surface area contributed by atoms with E-state index < -0.39 is 16.9 Å². The van der Waals surface area contributed by atoms with E-state index in [0.717, 1.165) is 5.56 Å². The van der Waals surface area contributed by atoms with E-state index in [4.69, 9.17) is 0 Å². The van der Waals surface area contributed by atoms with Gasteiger partial charge in [-0.2, -0.15) is 5.10 Å². The second-order valence-electron chi connectivity index (χ2n) is 6.65. The largest absolute Gasteiger partial charge is 0.345 e. The highest BCUT2D eigenvalue weighted by molar-refractivity contribution is 5.94. The van der Waals surface area contributed by atoms with E-state index in [2.05, 4.69) is 15.8 Å². The van der Waals surface area contributed by atoms with Gasteiger partial charge >= 0.3 is 0 Å². The number of hydrazone groups is 1. The van der Waals surface area contributed by atoms with Crippen molar-refractivity contribution in [3.8, 4) is 0 Å². The molecule has 0 aliphatic carbocycles. The van der Waals surface area contributed by atoms with Crippen molar-refractivity contribution in [1.82, 2.24) is 10.7 Å². The van der Waals surface area contributed by atoms with E-state index in [1.54, 1.807) is 30.3 Å². The Morgan fingerprint density at radius 3 is 2.32 bits per heavy atom. The summed E-state index contributed by atoms with van der Waals surface area (Å²) in [5, 5.41) is 17.6. The number of rotatable bonds is 8. The fraction of sp³-hybridized carbons (Fsp3) is 0.0870. The number of benzene rings is 3. The molecule has 0 spiro atoms. The first-order chi connectivity index (χ1) is 15.0. The fourth-order valence-electron chi connectivity index (χ4n) is 2.90. The van der Waals surface area contributed by atoms with Crippen LogP contribution in [-0.2, 0) is 4.79 Å². The summed E-state index contributed by atoms with van der Waals surface area (Å²) in [4.78, 5) is 35.3. The summed E-state index contributed by atoms with van der Waals surface area (Å²) in [6.07, 6.45) is 1.29. The summed E-state index contributed by atoms with van der Waals surface area (Å²) in [5.74, 6) is -0.703. The van der Waals surface area contributed by atoms with Crippen LogP contribution in [0.3, 0.4) is 0 Å². The number of nitro benzene ring substituents is 1. The lowest BCUT2D eigenvalue weighted by molar-refractivity contribution is -0.384. The maximum atomic E-state index is 12.6. The molecular formula is C23H20N4O4. The summed E-state index contributed by atoms with van der Waals surface area (Å²) in [6.45, 7) is 0. The first kappa shape index (κ1) is 21.4. The van der Waals surface area contributed by atoms with Crippen molar-refractivity contribution in [2.45, 2.75) is 12.5 Å². The third-order valence-electron chi connectivity index (χ3n) is 4.42. The first-order valence-corrected chi connectivity index (χ1v) is 9.50. The van der Waals surface area contributed by atoms with Crippen LogP contribution < -0.4 is 10.7 Å². The standard InChI is InChI=1S/C23H20N4O4/c28-22(26-24-16-17-8-7-13-20(14-17)27(30)31)15-21(18-9-3-1-4-10-18)25-23(29)19-11-5-2-6-12-19/h1-14,16,21H,15H2,(H,25,29)(H,26,28)/b24-16-/t21-/m1/s1. The van der Waals surface area contributed by atoms with Crippen molar-refractivity contribution in [3.05, 3.63) is 112 Å². The van der Waals surface area contributed by atoms with Crippen LogP contribution in [0.15, 0.2) is 90.0 Å². The highest BCUT2D eigenvalue weighted by Gasteiger charge is 2.19. The zero-order valence-electron chi connectivity index (χ0n) is 16.5. The lowest BCUT2D eigenvalue weighted by atomic mass is 10.0. The molecule has 0 bridgehead atoms. The third kappa shape index (κ3) is 6.33. The third-order valence-corrected chi connectivity index (χ3v) is 4.42. The number of nitro groups is 1. The van der Waals surface area contributed by atoms with E-state index in [0.29, 0.717) is 11.1 Å². The van der Waals surface area contributed by atoms with E-state index in [9.17, 15) is 19.7 Å². The molecule has 8 nitrogen and oxygen atoms in total.